The summed E-state index contributed by atoms with van der Waals surface area (Å²) in [7, 11) is 0. The number of hydrogen-bond acceptors (Lipinski definition) is 4. The highest BCUT2D eigenvalue weighted by Crippen LogP contribution is 2.34. The Morgan fingerprint density at radius 2 is 2.00 bits per heavy atom. The molecule has 114 valence electrons. The molecule has 1 amide bonds. The molecule has 0 bridgehead atoms. The molecule has 0 radical (unpaired) electrons. The van der Waals surface area contributed by atoms with Crippen molar-refractivity contribution in [3.8, 4) is 0 Å². The number of carbonyl (C=O) groups excluding carboxylic acids is 1. The van der Waals surface area contributed by atoms with Gasteiger partial charge in [0.2, 0.25) is 11.9 Å². The average molecular weight is 297 g/mol. The summed E-state index contributed by atoms with van der Waals surface area (Å²) in [4.78, 5) is 16.1. The molecule has 3 rings (SSSR count). The highest BCUT2D eigenvalue weighted by Gasteiger charge is 2.32. The van der Waals surface area contributed by atoms with E-state index < -0.39 is 5.91 Å². The maximum Gasteiger partial charge on any atom is 0.248 e. The van der Waals surface area contributed by atoms with Crippen LogP contribution in [0.2, 0.25) is 0 Å². The van der Waals surface area contributed by atoms with Gasteiger partial charge in [0.1, 0.15) is 12.4 Å². The Morgan fingerprint density at radius 1 is 1.32 bits per heavy atom. The third-order valence-corrected chi connectivity index (χ3v) is 3.98. The van der Waals surface area contributed by atoms with Crippen molar-refractivity contribution in [1.82, 2.24) is 14.8 Å². The molecular weight excluding hydrogens is 278 g/mol. The van der Waals surface area contributed by atoms with Crippen molar-refractivity contribution in [3.05, 3.63) is 53.0 Å². The van der Waals surface area contributed by atoms with Gasteiger partial charge >= 0.3 is 0 Å². The van der Waals surface area contributed by atoms with Crippen molar-refractivity contribution in [2.24, 2.45) is 5.73 Å². The molecule has 1 aliphatic heterocycles. The monoisotopic (exact) mass is 297 g/mol. The minimum atomic E-state index is -0.455. The number of benzene rings is 1. The second-order valence-corrected chi connectivity index (χ2v) is 5.78. The zero-order valence-electron chi connectivity index (χ0n) is 12.9. The lowest BCUT2D eigenvalue weighted by Gasteiger charge is -2.27. The molecule has 6 nitrogen and oxygen atoms in total. The number of carbonyl (C=O) groups is 1. The Balaban J connectivity index is 2.12. The number of hydrogen-bond donors (Lipinski definition) is 2. The lowest BCUT2D eigenvalue weighted by atomic mass is 9.93. The minimum absolute atomic E-state index is 0.350. The molecule has 1 aliphatic rings. The number of aromatic nitrogens is 3. The van der Waals surface area contributed by atoms with Crippen LogP contribution in [0.5, 0.6) is 0 Å². The molecule has 1 unspecified atom stereocenters. The largest absolute Gasteiger partial charge is 0.366 e. The van der Waals surface area contributed by atoms with Crippen LogP contribution in [0.25, 0.3) is 0 Å². The third kappa shape index (κ3) is 2.26. The second-order valence-electron chi connectivity index (χ2n) is 5.78. The fourth-order valence-electron chi connectivity index (χ4n) is 2.78. The summed E-state index contributed by atoms with van der Waals surface area (Å²) in [6, 6.07) is 7.84. The van der Waals surface area contributed by atoms with Crippen LogP contribution >= 0.6 is 0 Å². The van der Waals surface area contributed by atoms with Crippen LogP contribution in [0.4, 0.5) is 5.95 Å². The Labute approximate surface area is 129 Å². The number of nitrogens with two attached hydrogens (primary N) is 1. The van der Waals surface area contributed by atoms with Crippen molar-refractivity contribution in [2.75, 3.05) is 5.32 Å². The van der Waals surface area contributed by atoms with E-state index in [4.69, 9.17) is 5.73 Å². The van der Waals surface area contributed by atoms with Crippen LogP contribution in [0.1, 0.15) is 43.9 Å². The number of anilines is 1. The zero-order valence-corrected chi connectivity index (χ0v) is 12.9. The van der Waals surface area contributed by atoms with Crippen LogP contribution in [-0.2, 0) is 4.79 Å². The fraction of sp³-hybridized carbons (Fsp3) is 0.312. The zero-order chi connectivity index (χ0) is 15.9. The van der Waals surface area contributed by atoms with Gasteiger partial charge in [-0.05, 0) is 24.0 Å². The van der Waals surface area contributed by atoms with E-state index in [1.165, 1.54) is 11.9 Å². The topological polar surface area (TPSA) is 85.8 Å². The Hall–Kier alpha value is -2.63. The van der Waals surface area contributed by atoms with Crippen molar-refractivity contribution in [2.45, 2.75) is 32.7 Å². The van der Waals surface area contributed by atoms with E-state index in [9.17, 15) is 4.79 Å². The van der Waals surface area contributed by atoms with Gasteiger partial charge in [0.25, 0.3) is 0 Å². The van der Waals surface area contributed by atoms with Crippen molar-refractivity contribution in [1.29, 1.82) is 0 Å². The van der Waals surface area contributed by atoms with Gasteiger partial charge < -0.3 is 11.1 Å². The molecule has 6 heteroatoms. The van der Waals surface area contributed by atoms with E-state index in [0.29, 0.717) is 23.1 Å². The van der Waals surface area contributed by atoms with E-state index >= 15 is 0 Å². The number of amides is 1. The van der Waals surface area contributed by atoms with Crippen LogP contribution < -0.4 is 11.1 Å². The molecular formula is C16H19N5O. The first-order valence-corrected chi connectivity index (χ1v) is 7.26. The van der Waals surface area contributed by atoms with Crippen LogP contribution in [0.15, 0.2) is 41.9 Å². The summed E-state index contributed by atoms with van der Waals surface area (Å²) in [5, 5.41) is 7.31. The lowest BCUT2D eigenvalue weighted by Crippen LogP contribution is -2.31. The molecule has 2 aromatic rings. The molecule has 1 aromatic heterocycles. The first-order valence-electron chi connectivity index (χ1n) is 7.26. The Bertz CT molecular complexity index is 742. The predicted molar refractivity (Wildman–Crippen MR) is 84.2 cm³/mol. The van der Waals surface area contributed by atoms with E-state index in [1.54, 1.807) is 4.68 Å². The molecule has 1 aromatic carbocycles. The summed E-state index contributed by atoms with van der Waals surface area (Å²) in [5.74, 6) is 0.612. The SMILES string of the molecule is CC1=C(C(N)=O)C(c2ccc(C(C)C)cc2)n2ncnc2N1. The summed E-state index contributed by atoms with van der Waals surface area (Å²) in [6.07, 6.45) is 1.47. The highest BCUT2D eigenvalue weighted by atomic mass is 16.1. The van der Waals surface area contributed by atoms with E-state index in [-0.39, 0.29) is 6.04 Å². The molecule has 0 spiro atoms. The van der Waals surface area contributed by atoms with Gasteiger partial charge in [0.15, 0.2) is 0 Å². The fourth-order valence-corrected chi connectivity index (χ4v) is 2.78. The van der Waals surface area contributed by atoms with Crippen LogP contribution in [0, 0.1) is 0 Å². The molecule has 2 heterocycles. The smallest absolute Gasteiger partial charge is 0.248 e. The second kappa shape index (κ2) is 5.29. The quantitative estimate of drug-likeness (QED) is 0.909. The van der Waals surface area contributed by atoms with Gasteiger partial charge in [-0.2, -0.15) is 10.1 Å². The minimum Gasteiger partial charge on any atom is -0.366 e. The van der Waals surface area contributed by atoms with Gasteiger partial charge in [0.05, 0.1) is 5.57 Å². The summed E-state index contributed by atoms with van der Waals surface area (Å²) in [5.41, 5.74) is 9.03. The lowest BCUT2D eigenvalue weighted by molar-refractivity contribution is -0.115. The first kappa shape index (κ1) is 14.3. The Morgan fingerprint density at radius 3 is 2.59 bits per heavy atom. The maximum absolute atomic E-state index is 11.9. The van der Waals surface area contributed by atoms with Crippen molar-refractivity contribution in [3.63, 3.8) is 0 Å². The predicted octanol–water partition coefficient (Wildman–Crippen LogP) is 2.18. The maximum atomic E-state index is 11.9. The van der Waals surface area contributed by atoms with Crippen molar-refractivity contribution >= 4 is 11.9 Å². The summed E-state index contributed by atoms with van der Waals surface area (Å²) in [6.45, 7) is 6.12. The van der Waals surface area contributed by atoms with Gasteiger partial charge in [0, 0.05) is 5.70 Å². The highest BCUT2D eigenvalue weighted by molar-refractivity contribution is 5.95. The number of fused-ring (bicyclic) bond motifs is 1. The number of primary amides is 1. The first-order chi connectivity index (χ1) is 10.5. The Kier molecular flexibility index (Phi) is 3.44. The molecule has 0 saturated heterocycles. The van der Waals surface area contributed by atoms with Gasteiger partial charge in [-0.25, -0.2) is 4.68 Å². The van der Waals surface area contributed by atoms with Gasteiger partial charge in [-0.3, -0.25) is 4.79 Å². The van der Waals surface area contributed by atoms with Gasteiger partial charge in [-0.1, -0.05) is 38.1 Å². The number of allylic oxidation sites excluding steroid dienone is 1. The van der Waals surface area contributed by atoms with Crippen LogP contribution in [0.3, 0.4) is 0 Å². The van der Waals surface area contributed by atoms with E-state index in [2.05, 4.69) is 41.4 Å². The van der Waals surface area contributed by atoms with E-state index in [0.717, 1.165) is 5.56 Å². The molecule has 0 aliphatic carbocycles. The number of rotatable bonds is 3. The standard InChI is InChI=1S/C16H19N5O/c1-9(2)11-4-6-12(7-5-11)14-13(15(17)22)10(3)20-16-18-8-19-21(14)16/h4-9,14H,1-3H3,(H2,17,22)(H,18,19,20). The summed E-state index contributed by atoms with van der Waals surface area (Å²) >= 11 is 0. The van der Waals surface area contributed by atoms with Gasteiger partial charge in [-0.15, -0.1) is 0 Å². The molecule has 1 atom stereocenters. The number of nitrogens with one attached hydrogen (secondary N) is 1. The molecule has 22 heavy (non-hydrogen) atoms. The molecule has 0 saturated carbocycles. The summed E-state index contributed by atoms with van der Waals surface area (Å²) < 4.78 is 1.69. The van der Waals surface area contributed by atoms with Crippen LogP contribution in [-0.4, -0.2) is 20.7 Å². The number of nitrogens with zero attached hydrogens (tertiary/aromatic N) is 3. The molecule has 3 N–H and O–H groups in total. The van der Waals surface area contributed by atoms with E-state index in [1.807, 2.05) is 19.1 Å². The van der Waals surface area contributed by atoms with Crippen molar-refractivity contribution < 1.29 is 4.79 Å². The average Bonchev–Trinajstić information content (AvgIpc) is 2.93. The normalized spacial score (nSPS) is 17.4. The molecule has 0 fully saturated rings. The third-order valence-electron chi connectivity index (χ3n) is 3.98.